The topological polar surface area (TPSA) is 88.6 Å². The highest BCUT2D eigenvalue weighted by Gasteiger charge is 2.20. The van der Waals surface area contributed by atoms with Gasteiger partial charge in [0.25, 0.3) is 0 Å². The standard InChI is InChI=1S/C25H27ClFN5O3/c1-3-32(2)9-4-5-24(33)31-22-12-18-21(13-23(22)35-17-8-10-34-14-17)28-15-29-25(18)30-16-6-7-20(27)19(26)11-16/h4-7,11-13,15,17H,3,8-10,14H2,1-2H3,(H,31,33)(H,28,29,30). The Bertz CT molecular complexity index is 1230. The molecule has 0 bridgehead atoms. The Morgan fingerprint density at radius 3 is 2.94 bits per heavy atom. The summed E-state index contributed by atoms with van der Waals surface area (Å²) in [6.45, 7) is 4.70. The number of hydrogen-bond donors (Lipinski definition) is 2. The molecule has 2 N–H and O–H groups in total. The number of benzene rings is 2. The van der Waals surface area contributed by atoms with Gasteiger partial charge in [-0.1, -0.05) is 24.6 Å². The first kappa shape index (κ1) is 24.8. The van der Waals surface area contributed by atoms with Gasteiger partial charge in [0.05, 0.1) is 29.4 Å². The first-order valence-corrected chi connectivity index (χ1v) is 11.7. The molecule has 2 heterocycles. The van der Waals surface area contributed by atoms with Crippen LogP contribution in [0.25, 0.3) is 10.9 Å². The SMILES string of the molecule is CCN(C)CC=CC(=O)Nc1cc2c(Nc3ccc(F)c(Cl)c3)ncnc2cc1OC1CCOC1. The monoisotopic (exact) mass is 499 g/mol. The molecule has 8 nitrogen and oxygen atoms in total. The second kappa shape index (κ2) is 11.4. The fourth-order valence-electron chi connectivity index (χ4n) is 3.52. The fraction of sp³-hybridized carbons (Fsp3) is 0.320. The van der Waals surface area contributed by atoms with Crippen LogP contribution in [0.3, 0.4) is 0 Å². The molecule has 1 aromatic heterocycles. The van der Waals surface area contributed by atoms with Crippen LogP contribution in [0.1, 0.15) is 13.3 Å². The van der Waals surface area contributed by atoms with Gasteiger partial charge < -0.3 is 25.0 Å². The first-order chi connectivity index (χ1) is 16.9. The summed E-state index contributed by atoms with van der Waals surface area (Å²) in [5.41, 5.74) is 1.66. The maximum Gasteiger partial charge on any atom is 0.248 e. The Kier molecular flexibility index (Phi) is 8.12. The van der Waals surface area contributed by atoms with Crippen LogP contribution in [-0.2, 0) is 9.53 Å². The molecule has 1 atom stereocenters. The molecule has 0 saturated carbocycles. The lowest BCUT2D eigenvalue weighted by Gasteiger charge is -2.18. The second-order valence-electron chi connectivity index (χ2n) is 8.19. The quantitative estimate of drug-likeness (QED) is 0.409. The van der Waals surface area contributed by atoms with E-state index >= 15 is 0 Å². The lowest BCUT2D eigenvalue weighted by atomic mass is 10.1. The maximum atomic E-state index is 13.6. The lowest BCUT2D eigenvalue weighted by Crippen LogP contribution is -2.19. The first-order valence-electron chi connectivity index (χ1n) is 11.3. The summed E-state index contributed by atoms with van der Waals surface area (Å²) in [6, 6.07) is 7.84. The summed E-state index contributed by atoms with van der Waals surface area (Å²) >= 11 is 5.92. The van der Waals surface area contributed by atoms with E-state index in [1.165, 1.54) is 24.5 Å². The Hall–Kier alpha value is -3.27. The molecule has 3 aromatic rings. The van der Waals surface area contributed by atoms with Gasteiger partial charge in [-0.15, -0.1) is 0 Å². The van der Waals surface area contributed by atoms with Crippen molar-refractivity contribution < 1.29 is 18.7 Å². The number of carbonyl (C=O) groups is 1. The van der Waals surface area contributed by atoms with E-state index in [2.05, 4.69) is 25.5 Å². The van der Waals surface area contributed by atoms with E-state index in [1.54, 1.807) is 24.3 Å². The van der Waals surface area contributed by atoms with Gasteiger partial charge in [0, 0.05) is 36.2 Å². The summed E-state index contributed by atoms with van der Waals surface area (Å²) in [7, 11) is 1.98. The van der Waals surface area contributed by atoms with Gasteiger partial charge in [-0.05, 0) is 37.9 Å². The van der Waals surface area contributed by atoms with E-state index in [9.17, 15) is 9.18 Å². The maximum absolute atomic E-state index is 13.6. The molecule has 4 rings (SSSR count). The molecule has 10 heteroatoms. The molecule has 35 heavy (non-hydrogen) atoms. The minimum absolute atomic E-state index is 0.00344. The van der Waals surface area contributed by atoms with E-state index in [-0.39, 0.29) is 17.0 Å². The zero-order chi connectivity index (χ0) is 24.8. The number of halogens is 2. The highest BCUT2D eigenvalue weighted by atomic mass is 35.5. The molecule has 184 valence electrons. The van der Waals surface area contributed by atoms with Gasteiger partial charge in [0.2, 0.25) is 5.91 Å². The molecule has 0 aliphatic carbocycles. The number of carbonyl (C=O) groups excluding carboxylic acids is 1. The number of ether oxygens (including phenoxy) is 2. The molecule has 1 aliphatic rings. The summed E-state index contributed by atoms with van der Waals surface area (Å²) in [5.74, 6) is 0.183. The fourth-order valence-corrected chi connectivity index (χ4v) is 3.70. The zero-order valence-corrected chi connectivity index (χ0v) is 20.3. The Balaban J connectivity index is 1.66. The van der Waals surface area contributed by atoms with Crippen molar-refractivity contribution in [3.05, 3.63) is 59.7 Å². The molecule has 1 aliphatic heterocycles. The molecule has 0 spiro atoms. The van der Waals surface area contributed by atoms with E-state index in [1.807, 2.05) is 14.0 Å². The van der Waals surface area contributed by atoms with Crippen molar-refractivity contribution >= 4 is 45.6 Å². The van der Waals surface area contributed by atoms with Gasteiger partial charge in [-0.25, -0.2) is 14.4 Å². The predicted molar refractivity (Wildman–Crippen MR) is 135 cm³/mol. The summed E-state index contributed by atoms with van der Waals surface area (Å²) in [6.07, 6.45) is 5.37. The third-order valence-corrected chi connectivity index (χ3v) is 5.87. The lowest BCUT2D eigenvalue weighted by molar-refractivity contribution is -0.111. The van der Waals surface area contributed by atoms with Gasteiger partial charge >= 0.3 is 0 Å². The van der Waals surface area contributed by atoms with Crippen molar-refractivity contribution in [2.75, 3.05) is 44.0 Å². The van der Waals surface area contributed by atoms with Crippen molar-refractivity contribution in [1.82, 2.24) is 14.9 Å². The van der Waals surface area contributed by atoms with E-state index < -0.39 is 5.82 Å². The number of nitrogens with zero attached hydrogens (tertiary/aromatic N) is 3. The predicted octanol–water partition coefficient (Wildman–Crippen LogP) is 4.78. The summed E-state index contributed by atoms with van der Waals surface area (Å²) in [5, 5.41) is 6.70. The minimum atomic E-state index is -0.509. The number of nitrogens with one attached hydrogen (secondary N) is 2. The zero-order valence-electron chi connectivity index (χ0n) is 19.6. The van der Waals surface area contributed by atoms with Gasteiger partial charge in [0.15, 0.2) is 0 Å². The molecule has 1 saturated heterocycles. The van der Waals surface area contributed by atoms with Crippen LogP contribution in [0.4, 0.5) is 21.6 Å². The van der Waals surface area contributed by atoms with Crippen LogP contribution in [0, 0.1) is 5.82 Å². The number of hydrogen-bond acceptors (Lipinski definition) is 7. The normalized spacial score (nSPS) is 15.7. The molecule has 2 aromatic carbocycles. The third-order valence-electron chi connectivity index (χ3n) is 5.58. The van der Waals surface area contributed by atoms with E-state index in [0.29, 0.717) is 53.6 Å². The summed E-state index contributed by atoms with van der Waals surface area (Å²) < 4.78 is 25.1. The molecular weight excluding hydrogens is 473 g/mol. The van der Waals surface area contributed by atoms with Gasteiger partial charge in [-0.3, -0.25) is 4.79 Å². The average Bonchev–Trinajstić information content (AvgIpc) is 3.35. The number of rotatable bonds is 9. The average molecular weight is 500 g/mol. The number of amides is 1. The molecular formula is C25H27ClFN5O3. The van der Waals surface area contributed by atoms with Crippen molar-refractivity contribution in [2.45, 2.75) is 19.4 Å². The largest absolute Gasteiger partial charge is 0.486 e. The number of aromatic nitrogens is 2. The van der Waals surface area contributed by atoms with Crippen molar-refractivity contribution in [3.8, 4) is 5.75 Å². The van der Waals surface area contributed by atoms with Crippen LogP contribution in [0.5, 0.6) is 5.75 Å². The Morgan fingerprint density at radius 1 is 1.34 bits per heavy atom. The van der Waals surface area contributed by atoms with Crippen molar-refractivity contribution in [3.63, 3.8) is 0 Å². The van der Waals surface area contributed by atoms with Gasteiger partial charge in [-0.2, -0.15) is 0 Å². The molecule has 1 unspecified atom stereocenters. The Labute approximate surface area is 208 Å². The molecule has 1 fully saturated rings. The number of likely N-dealkylation sites (N-methyl/N-ethyl adjacent to an activating group) is 1. The molecule has 0 radical (unpaired) electrons. The number of anilines is 3. The minimum Gasteiger partial charge on any atom is -0.486 e. The van der Waals surface area contributed by atoms with E-state index in [4.69, 9.17) is 21.1 Å². The molecule has 1 amide bonds. The number of fused-ring (bicyclic) bond motifs is 1. The van der Waals surface area contributed by atoms with Crippen molar-refractivity contribution in [1.29, 1.82) is 0 Å². The smallest absolute Gasteiger partial charge is 0.248 e. The van der Waals surface area contributed by atoms with Crippen LogP contribution >= 0.6 is 11.6 Å². The van der Waals surface area contributed by atoms with Crippen LogP contribution in [0.2, 0.25) is 5.02 Å². The van der Waals surface area contributed by atoms with Crippen LogP contribution in [0.15, 0.2) is 48.8 Å². The van der Waals surface area contributed by atoms with Crippen molar-refractivity contribution in [2.24, 2.45) is 0 Å². The van der Waals surface area contributed by atoms with Crippen LogP contribution < -0.4 is 15.4 Å². The highest BCUT2D eigenvalue weighted by Crippen LogP contribution is 2.35. The van der Waals surface area contributed by atoms with Gasteiger partial charge in [0.1, 0.15) is 29.8 Å². The highest BCUT2D eigenvalue weighted by molar-refractivity contribution is 6.31. The second-order valence-corrected chi connectivity index (χ2v) is 8.60. The van der Waals surface area contributed by atoms with E-state index in [0.717, 1.165) is 13.0 Å². The van der Waals surface area contributed by atoms with Crippen LogP contribution in [-0.4, -0.2) is 60.2 Å². The third kappa shape index (κ3) is 6.45. The summed E-state index contributed by atoms with van der Waals surface area (Å²) in [4.78, 5) is 23.4. The Morgan fingerprint density at radius 2 is 2.20 bits per heavy atom.